The second-order valence-corrected chi connectivity index (χ2v) is 5.56. The van der Waals surface area contributed by atoms with Gasteiger partial charge in [0, 0.05) is 17.0 Å². The van der Waals surface area contributed by atoms with Crippen molar-refractivity contribution in [3.8, 4) is 0 Å². The van der Waals surface area contributed by atoms with Crippen LogP contribution in [0.4, 0.5) is 0 Å². The van der Waals surface area contributed by atoms with E-state index >= 15 is 0 Å². The van der Waals surface area contributed by atoms with Gasteiger partial charge in [-0.05, 0) is 49.3 Å². The van der Waals surface area contributed by atoms with Crippen molar-refractivity contribution in [1.82, 2.24) is 4.98 Å². The van der Waals surface area contributed by atoms with Gasteiger partial charge in [-0.2, -0.15) is 0 Å². The molecule has 17 heavy (non-hydrogen) atoms. The zero-order chi connectivity index (χ0) is 11.2. The van der Waals surface area contributed by atoms with Gasteiger partial charge in [0.1, 0.15) is 0 Å². The van der Waals surface area contributed by atoms with Crippen LogP contribution in [0.2, 0.25) is 0 Å². The molecule has 1 aromatic heterocycles. The largest absolute Gasteiger partial charge is 0.252 e. The van der Waals surface area contributed by atoms with E-state index in [-0.39, 0.29) is 0 Å². The minimum Gasteiger partial charge on any atom is -0.252 e. The molecule has 0 spiro atoms. The van der Waals surface area contributed by atoms with Crippen LogP contribution in [0.5, 0.6) is 0 Å². The van der Waals surface area contributed by atoms with Gasteiger partial charge in [-0.15, -0.1) is 0 Å². The second kappa shape index (κ2) is 3.56. The topological polar surface area (TPSA) is 12.9 Å². The van der Waals surface area contributed by atoms with Crippen LogP contribution in [0.25, 0.3) is 10.9 Å². The highest BCUT2D eigenvalue weighted by Crippen LogP contribution is 2.46. The smallest absolute Gasteiger partial charge is 0.0705 e. The summed E-state index contributed by atoms with van der Waals surface area (Å²) in [6, 6.07) is 10.9. The molecule has 2 aliphatic carbocycles. The Morgan fingerprint density at radius 2 is 2.00 bits per heavy atom. The van der Waals surface area contributed by atoms with E-state index in [1.54, 1.807) is 0 Å². The fourth-order valence-electron chi connectivity index (χ4n) is 3.78. The molecular formula is C16H17N. The first-order valence-electron chi connectivity index (χ1n) is 6.80. The zero-order valence-corrected chi connectivity index (χ0v) is 10.0. The molecule has 0 saturated heterocycles. The van der Waals surface area contributed by atoms with Gasteiger partial charge < -0.3 is 0 Å². The molecule has 0 amide bonds. The molecule has 2 atom stereocenters. The maximum atomic E-state index is 4.96. The number of para-hydroxylation sites is 1. The summed E-state index contributed by atoms with van der Waals surface area (Å²) in [5.74, 6) is 1.69. The van der Waals surface area contributed by atoms with Gasteiger partial charge in [0.2, 0.25) is 0 Å². The summed E-state index contributed by atoms with van der Waals surface area (Å²) in [7, 11) is 0. The number of pyridine rings is 1. The van der Waals surface area contributed by atoms with Crippen molar-refractivity contribution < 1.29 is 0 Å². The summed E-state index contributed by atoms with van der Waals surface area (Å²) >= 11 is 0. The molecule has 0 bridgehead atoms. The minimum atomic E-state index is 0.767. The highest BCUT2D eigenvalue weighted by atomic mass is 14.7. The lowest BCUT2D eigenvalue weighted by molar-refractivity contribution is 0.415. The standard InChI is InChI=1S/C16H17N/c1-2-7-15-12(4-1)10-13-9-8-11-5-3-6-14(11)16(13)17-15/h1-2,4,7,10-11,14H,3,5-6,8-9H2. The Hall–Kier alpha value is -1.37. The Balaban J connectivity index is 1.93. The highest BCUT2D eigenvalue weighted by molar-refractivity contribution is 5.79. The molecule has 1 saturated carbocycles. The lowest BCUT2D eigenvalue weighted by Crippen LogP contribution is -2.17. The Morgan fingerprint density at radius 3 is 3.00 bits per heavy atom. The Morgan fingerprint density at radius 1 is 1.06 bits per heavy atom. The fraction of sp³-hybridized carbons (Fsp3) is 0.438. The number of hydrogen-bond donors (Lipinski definition) is 0. The summed E-state index contributed by atoms with van der Waals surface area (Å²) in [4.78, 5) is 4.96. The average molecular weight is 223 g/mol. The third-order valence-electron chi connectivity index (χ3n) is 4.63. The maximum absolute atomic E-state index is 4.96. The number of benzene rings is 1. The molecule has 1 nitrogen and oxygen atoms in total. The Kier molecular flexibility index (Phi) is 2.02. The summed E-state index contributed by atoms with van der Waals surface area (Å²) in [6.07, 6.45) is 6.83. The Labute approximate surface area is 102 Å². The molecular weight excluding hydrogens is 206 g/mol. The second-order valence-electron chi connectivity index (χ2n) is 5.56. The molecule has 2 unspecified atom stereocenters. The van der Waals surface area contributed by atoms with Crippen molar-refractivity contribution in [2.45, 2.75) is 38.0 Å². The average Bonchev–Trinajstić information content (AvgIpc) is 2.85. The monoisotopic (exact) mass is 223 g/mol. The van der Waals surface area contributed by atoms with Crippen LogP contribution in [0.1, 0.15) is 42.9 Å². The lowest BCUT2D eigenvalue weighted by atomic mass is 9.79. The van der Waals surface area contributed by atoms with Gasteiger partial charge in [-0.1, -0.05) is 24.6 Å². The van der Waals surface area contributed by atoms with E-state index in [0.717, 1.165) is 11.8 Å². The molecule has 0 aliphatic heterocycles. The van der Waals surface area contributed by atoms with Crippen LogP contribution in [0.15, 0.2) is 30.3 Å². The van der Waals surface area contributed by atoms with Crippen LogP contribution < -0.4 is 0 Å². The van der Waals surface area contributed by atoms with Gasteiger partial charge in [0.15, 0.2) is 0 Å². The quantitative estimate of drug-likeness (QED) is 0.656. The van der Waals surface area contributed by atoms with Crippen molar-refractivity contribution in [2.24, 2.45) is 5.92 Å². The van der Waals surface area contributed by atoms with Gasteiger partial charge in [0.05, 0.1) is 5.52 Å². The van der Waals surface area contributed by atoms with E-state index in [1.807, 2.05) is 0 Å². The van der Waals surface area contributed by atoms with Gasteiger partial charge in [0.25, 0.3) is 0 Å². The van der Waals surface area contributed by atoms with Crippen molar-refractivity contribution in [2.75, 3.05) is 0 Å². The first-order chi connectivity index (χ1) is 8.42. The molecule has 1 heteroatoms. The normalized spacial score (nSPS) is 26.8. The van der Waals surface area contributed by atoms with Crippen LogP contribution >= 0.6 is 0 Å². The molecule has 2 aromatic rings. The molecule has 86 valence electrons. The van der Waals surface area contributed by atoms with E-state index in [2.05, 4.69) is 30.3 Å². The molecule has 4 rings (SSSR count). The molecule has 1 fully saturated rings. The zero-order valence-electron chi connectivity index (χ0n) is 10.0. The number of fused-ring (bicyclic) bond motifs is 4. The predicted molar refractivity (Wildman–Crippen MR) is 70.1 cm³/mol. The van der Waals surface area contributed by atoms with Gasteiger partial charge in [-0.25, -0.2) is 0 Å². The van der Waals surface area contributed by atoms with Gasteiger partial charge in [-0.3, -0.25) is 4.98 Å². The summed E-state index contributed by atoms with van der Waals surface area (Å²) in [5.41, 5.74) is 4.13. The lowest BCUT2D eigenvalue weighted by Gasteiger charge is -2.27. The fourth-order valence-corrected chi connectivity index (χ4v) is 3.78. The van der Waals surface area contributed by atoms with Crippen molar-refractivity contribution in [1.29, 1.82) is 0 Å². The molecule has 2 aliphatic rings. The van der Waals surface area contributed by atoms with E-state index in [1.165, 1.54) is 54.3 Å². The maximum Gasteiger partial charge on any atom is 0.0705 e. The summed E-state index contributed by atoms with van der Waals surface area (Å²) < 4.78 is 0. The number of rotatable bonds is 0. The highest BCUT2D eigenvalue weighted by Gasteiger charge is 2.34. The summed E-state index contributed by atoms with van der Waals surface area (Å²) in [5, 5.41) is 1.31. The van der Waals surface area contributed by atoms with E-state index in [4.69, 9.17) is 4.98 Å². The van der Waals surface area contributed by atoms with Crippen LogP contribution in [0.3, 0.4) is 0 Å². The predicted octanol–water partition coefficient (Wildman–Crippen LogP) is 4.06. The van der Waals surface area contributed by atoms with E-state index < -0.39 is 0 Å². The third kappa shape index (κ3) is 1.41. The molecule has 0 N–H and O–H groups in total. The van der Waals surface area contributed by atoms with Crippen molar-refractivity contribution in [3.05, 3.63) is 41.6 Å². The Bertz CT molecular complexity index is 573. The SMILES string of the molecule is c1ccc2nc3c(cc2c1)CCC1CCCC31. The third-order valence-corrected chi connectivity index (χ3v) is 4.63. The number of nitrogens with zero attached hydrogens (tertiary/aromatic N) is 1. The first-order valence-corrected chi connectivity index (χ1v) is 6.80. The summed E-state index contributed by atoms with van der Waals surface area (Å²) in [6.45, 7) is 0. The molecule has 1 heterocycles. The van der Waals surface area contributed by atoms with Crippen LogP contribution in [-0.2, 0) is 6.42 Å². The molecule has 1 aromatic carbocycles. The number of aryl methyl sites for hydroxylation is 1. The van der Waals surface area contributed by atoms with Crippen molar-refractivity contribution >= 4 is 10.9 Å². The van der Waals surface area contributed by atoms with E-state index in [9.17, 15) is 0 Å². The van der Waals surface area contributed by atoms with Crippen LogP contribution in [-0.4, -0.2) is 4.98 Å². The van der Waals surface area contributed by atoms with Crippen molar-refractivity contribution in [3.63, 3.8) is 0 Å². The van der Waals surface area contributed by atoms with Gasteiger partial charge >= 0.3 is 0 Å². The first kappa shape index (κ1) is 9.64. The number of hydrogen-bond acceptors (Lipinski definition) is 1. The number of aromatic nitrogens is 1. The minimum absolute atomic E-state index is 0.767. The molecule has 0 radical (unpaired) electrons. The van der Waals surface area contributed by atoms with Crippen LogP contribution in [0, 0.1) is 5.92 Å². The van der Waals surface area contributed by atoms with E-state index in [0.29, 0.717) is 0 Å².